The lowest BCUT2D eigenvalue weighted by atomic mass is 10.2. The number of carbonyl (C=O) groups is 1. The van der Waals surface area contributed by atoms with Crippen LogP contribution < -0.4 is 15.5 Å². The Labute approximate surface area is 157 Å². The number of ether oxygens (including phenoxy) is 1. The van der Waals surface area contributed by atoms with E-state index in [0.29, 0.717) is 5.56 Å². The van der Waals surface area contributed by atoms with Gasteiger partial charge in [-0.1, -0.05) is 23.7 Å². The second-order valence-electron chi connectivity index (χ2n) is 5.47. The first-order chi connectivity index (χ1) is 12.9. The average Bonchev–Trinajstić information content (AvgIpc) is 2.65. The molecule has 0 aliphatic carbocycles. The van der Waals surface area contributed by atoms with Crippen molar-refractivity contribution in [2.24, 2.45) is 0 Å². The Morgan fingerprint density at radius 3 is 2.52 bits per heavy atom. The standard InChI is InChI=1S/C19H12ClF2NO4/c20-14-7-13(5-6-15(14)22)23-19(25)17-8-16(24)18(10-27-17)26-9-11-1-3-12(21)4-2-11/h1-8,10H,9H2,(H,23,25). The molecule has 8 heteroatoms. The number of anilines is 1. The maximum atomic E-state index is 13.1. The summed E-state index contributed by atoms with van der Waals surface area (Å²) in [6.45, 7) is 0.0324. The van der Waals surface area contributed by atoms with Crippen LogP contribution in [0.25, 0.3) is 0 Å². The molecule has 27 heavy (non-hydrogen) atoms. The fraction of sp³-hybridized carbons (Fsp3) is 0.0526. The highest BCUT2D eigenvalue weighted by Crippen LogP contribution is 2.20. The van der Waals surface area contributed by atoms with Crippen LogP contribution in [0.4, 0.5) is 14.5 Å². The Bertz CT molecular complexity index is 1030. The molecule has 138 valence electrons. The maximum absolute atomic E-state index is 13.1. The average molecular weight is 392 g/mol. The molecule has 1 aromatic heterocycles. The molecule has 3 aromatic rings. The Balaban J connectivity index is 1.68. The first-order valence-electron chi connectivity index (χ1n) is 7.69. The number of benzene rings is 2. The summed E-state index contributed by atoms with van der Waals surface area (Å²) in [4.78, 5) is 24.2. The van der Waals surface area contributed by atoms with Gasteiger partial charge in [-0.2, -0.15) is 0 Å². The fourth-order valence-electron chi connectivity index (χ4n) is 2.13. The van der Waals surface area contributed by atoms with E-state index in [1.807, 2.05) is 0 Å². The molecule has 0 saturated heterocycles. The van der Waals surface area contributed by atoms with E-state index in [4.69, 9.17) is 20.8 Å². The van der Waals surface area contributed by atoms with Crippen LogP contribution in [0.3, 0.4) is 0 Å². The number of rotatable bonds is 5. The number of carbonyl (C=O) groups excluding carboxylic acids is 1. The summed E-state index contributed by atoms with van der Waals surface area (Å²) in [6, 6.07) is 10.2. The molecule has 1 N–H and O–H groups in total. The third-order valence-electron chi connectivity index (χ3n) is 3.51. The third kappa shape index (κ3) is 4.71. The van der Waals surface area contributed by atoms with E-state index in [2.05, 4.69) is 5.32 Å². The molecule has 0 atom stereocenters. The molecule has 0 aliphatic rings. The lowest BCUT2D eigenvalue weighted by Gasteiger charge is -2.07. The molecule has 0 radical (unpaired) electrons. The molecule has 1 amide bonds. The van der Waals surface area contributed by atoms with Gasteiger partial charge in [0.25, 0.3) is 5.91 Å². The largest absolute Gasteiger partial charge is 0.482 e. The zero-order valence-corrected chi connectivity index (χ0v) is 14.4. The van der Waals surface area contributed by atoms with Crippen molar-refractivity contribution in [1.29, 1.82) is 0 Å². The van der Waals surface area contributed by atoms with Crippen molar-refractivity contribution in [3.05, 3.63) is 93.0 Å². The number of hydrogen-bond acceptors (Lipinski definition) is 4. The van der Waals surface area contributed by atoms with Crippen LogP contribution in [-0.2, 0) is 6.61 Å². The van der Waals surface area contributed by atoms with Crippen molar-refractivity contribution in [1.82, 2.24) is 0 Å². The third-order valence-corrected chi connectivity index (χ3v) is 3.80. The van der Waals surface area contributed by atoms with E-state index < -0.39 is 17.2 Å². The molecule has 0 bridgehead atoms. The summed E-state index contributed by atoms with van der Waals surface area (Å²) in [5.74, 6) is -2.06. The highest BCUT2D eigenvalue weighted by atomic mass is 35.5. The van der Waals surface area contributed by atoms with Crippen molar-refractivity contribution >= 4 is 23.2 Å². The number of halogens is 3. The van der Waals surface area contributed by atoms with Crippen LogP contribution in [0.15, 0.2) is 64.0 Å². The molecular weight excluding hydrogens is 380 g/mol. The van der Waals surface area contributed by atoms with E-state index in [9.17, 15) is 18.4 Å². The predicted molar refractivity (Wildman–Crippen MR) is 95.1 cm³/mol. The van der Waals surface area contributed by atoms with Gasteiger partial charge in [-0.3, -0.25) is 9.59 Å². The second kappa shape index (κ2) is 8.01. The van der Waals surface area contributed by atoms with Crippen molar-refractivity contribution in [3.63, 3.8) is 0 Å². The Hall–Kier alpha value is -3.19. The minimum absolute atomic E-state index is 0.0324. The Morgan fingerprint density at radius 2 is 1.85 bits per heavy atom. The highest BCUT2D eigenvalue weighted by Gasteiger charge is 2.13. The van der Waals surface area contributed by atoms with Crippen LogP contribution in [0.5, 0.6) is 5.75 Å². The van der Waals surface area contributed by atoms with Gasteiger partial charge in [0.15, 0.2) is 5.76 Å². The zero-order valence-electron chi connectivity index (χ0n) is 13.7. The maximum Gasteiger partial charge on any atom is 0.291 e. The highest BCUT2D eigenvalue weighted by molar-refractivity contribution is 6.31. The molecule has 5 nitrogen and oxygen atoms in total. The first-order valence-corrected chi connectivity index (χ1v) is 8.06. The summed E-state index contributed by atoms with van der Waals surface area (Å²) in [5, 5.41) is 2.28. The monoisotopic (exact) mass is 391 g/mol. The van der Waals surface area contributed by atoms with Gasteiger partial charge in [-0.05, 0) is 35.9 Å². The molecular formula is C19H12ClF2NO4. The Morgan fingerprint density at radius 1 is 1.11 bits per heavy atom. The van der Waals surface area contributed by atoms with Gasteiger partial charge in [-0.25, -0.2) is 8.78 Å². The number of nitrogens with one attached hydrogen (secondary N) is 1. The summed E-state index contributed by atoms with van der Waals surface area (Å²) in [5.41, 5.74) is 0.335. The van der Waals surface area contributed by atoms with Crippen LogP contribution in [0.2, 0.25) is 5.02 Å². The molecule has 2 aromatic carbocycles. The SMILES string of the molecule is O=C(Nc1ccc(F)c(Cl)c1)c1cc(=O)c(OCc2ccc(F)cc2)co1. The van der Waals surface area contributed by atoms with Crippen molar-refractivity contribution in [2.75, 3.05) is 5.32 Å². The van der Waals surface area contributed by atoms with E-state index in [1.165, 1.54) is 36.4 Å². The van der Waals surface area contributed by atoms with Crippen molar-refractivity contribution < 1.29 is 22.7 Å². The van der Waals surface area contributed by atoms with Gasteiger partial charge in [0.2, 0.25) is 11.2 Å². The van der Waals surface area contributed by atoms with E-state index in [1.54, 1.807) is 0 Å². The van der Waals surface area contributed by atoms with Crippen LogP contribution in [0, 0.1) is 11.6 Å². The quantitative estimate of drug-likeness (QED) is 0.699. The van der Waals surface area contributed by atoms with Gasteiger partial charge in [0.1, 0.15) is 24.5 Å². The van der Waals surface area contributed by atoms with Gasteiger partial charge in [0, 0.05) is 11.8 Å². The zero-order chi connectivity index (χ0) is 19.4. The topological polar surface area (TPSA) is 68.5 Å². The number of amides is 1. The molecule has 0 aliphatic heterocycles. The Kier molecular flexibility index (Phi) is 5.52. The van der Waals surface area contributed by atoms with Gasteiger partial charge in [-0.15, -0.1) is 0 Å². The van der Waals surface area contributed by atoms with Gasteiger partial charge < -0.3 is 14.5 Å². The minimum Gasteiger partial charge on any atom is -0.482 e. The number of hydrogen-bond donors (Lipinski definition) is 1. The lowest BCUT2D eigenvalue weighted by Crippen LogP contribution is -2.15. The van der Waals surface area contributed by atoms with Crippen LogP contribution in [-0.4, -0.2) is 5.91 Å². The summed E-state index contributed by atoms with van der Waals surface area (Å²) >= 11 is 5.65. The summed E-state index contributed by atoms with van der Waals surface area (Å²) in [6.07, 6.45) is 1.01. The smallest absolute Gasteiger partial charge is 0.291 e. The first kappa shape index (κ1) is 18.6. The molecule has 0 fully saturated rings. The van der Waals surface area contributed by atoms with E-state index >= 15 is 0 Å². The fourth-order valence-corrected chi connectivity index (χ4v) is 2.31. The summed E-state index contributed by atoms with van der Waals surface area (Å²) in [7, 11) is 0. The van der Waals surface area contributed by atoms with Gasteiger partial charge >= 0.3 is 0 Å². The predicted octanol–water partition coefficient (Wildman–Crippen LogP) is 4.40. The molecule has 1 heterocycles. The minimum atomic E-state index is -0.708. The second-order valence-corrected chi connectivity index (χ2v) is 5.88. The molecule has 0 unspecified atom stereocenters. The summed E-state index contributed by atoms with van der Waals surface area (Å²) < 4.78 is 36.5. The van der Waals surface area contributed by atoms with Crippen molar-refractivity contribution in [2.45, 2.75) is 6.61 Å². The van der Waals surface area contributed by atoms with E-state index in [0.717, 1.165) is 18.4 Å². The molecule has 0 spiro atoms. The normalized spacial score (nSPS) is 10.5. The van der Waals surface area contributed by atoms with Crippen LogP contribution >= 0.6 is 11.6 Å². The lowest BCUT2D eigenvalue weighted by molar-refractivity contribution is 0.0993. The molecule has 0 saturated carbocycles. The van der Waals surface area contributed by atoms with Crippen molar-refractivity contribution in [3.8, 4) is 5.75 Å². The van der Waals surface area contributed by atoms with Crippen LogP contribution in [0.1, 0.15) is 16.1 Å². The molecule has 3 rings (SSSR count). The van der Waals surface area contributed by atoms with E-state index in [-0.39, 0.29) is 34.6 Å². The van der Waals surface area contributed by atoms with Gasteiger partial charge in [0.05, 0.1) is 5.02 Å².